The molecule has 2 atom stereocenters. The second-order valence-corrected chi connectivity index (χ2v) is 8.98. The standard InChI is InChI=1S/C29H25F5N4O2/c1-2-38-26(36-21-9-4-3-5-10-21)24(22(35)16-30)23(17-11-13-20(31)14-12-17)25(28(38)40)37-27(39)18-7-6-8-19(15-18)29(32,33)34/h3-15,23,25H,2,16,35H2,1H3,(H,37,39)/b24-22-,36-26?. The van der Waals surface area contributed by atoms with Crippen molar-refractivity contribution in [3.8, 4) is 0 Å². The maximum Gasteiger partial charge on any atom is 0.416 e. The van der Waals surface area contributed by atoms with E-state index < -0.39 is 48.0 Å². The summed E-state index contributed by atoms with van der Waals surface area (Å²) in [4.78, 5) is 32.9. The monoisotopic (exact) mass is 556 g/mol. The number of nitrogens with two attached hydrogens (primary N) is 1. The molecule has 0 aliphatic carbocycles. The number of benzene rings is 3. The molecule has 1 aliphatic heterocycles. The number of hydrogen-bond acceptors (Lipinski definition) is 4. The number of amidine groups is 1. The quantitative estimate of drug-likeness (QED) is 0.393. The zero-order valence-corrected chi connectivity index (χ0v) is 21.3. The minimum absolute atomic E-state index is 0.0488. The van der Waals surface area contributed by atoms with Gasteiger partial charge in [-0.3, -0.25) is 14.5 Å². The van der Waals surface area contributed by atoms with E-state index in [0.29, 0.717) is 17.3 Å². The summed E-state index contributed by atoms with van der Waals surface area (Å²) < 4.78 is 67.8. The molecule has 0 bridgehead atoms. The third kappa shape index (κ3) is 5.88. The Balaban J connectivity index is 1.88. The Hall–Kier alpha value is -4.54. The topological polar surface area (TPSA) is 87.8 Å². The number of piperidine rings is 1. The van der Waals surface area contributed by atoms with Crippen LogP contribution in [0, 0.1) is 5.82 Å². The fourth-order valence-electron chi connectivity index (χ4n) is 4.57. The van der Waals surface area contributed by atoms with E-state index in [2.05, 4.69) is 10.3 Å². The highest BCUT2D eigenvalue weighted by Gasteiger charge is 2.46. The van der Waals surface area contributed by atoms with Crippen LogP contribution in [0.25, 0.3) is 0 Å². The molecule has 208 valence electrons. The van der Waals surface area contributed by atoms with Crippen LogP contribution in [0.15, 0.2) is 95.1 Å². The minimum atomic E-state index is -4.69. The highest BCUT2D eigenvalue weighted by Crippen LogP contribution is 2.38. The Morgan fingerprint density at radius 3 is 2.30 bits per heavy atom. The second kappa shape index (κ2) is 11.7. The van der Waals surface area contributed by atoms with E-state index in [1.807, 2.05) is 0 Å². The maximum atomic E-state index is 14.2. The van der Waals surface area contributed by atoms with Gasteiger partial charge in [0.15, 0.2) is 0 Å². The Bertz CT molecular complexity index is 1450. The molecule has 11 heteroatoms. The molecule has 6 nitrogen and oxygen atoms in total. The van der Waals surface area contributed by atoms with E-state index in [1.54, 1.807) is 37.3 Å². The van der Waals surface area contributed by atoms with Crippen molar-refractivity contribution in [2.75, 3.05) is 13.2 Å². The summed E-state index contributed by atoms with van der Waals surface area (Å²) >= 11 is 0. The molecule has 0 spiro atoms. The van der Waals surface area contributed by atoms with E-state index in [9.17, 15) is 31.5 Å². The van der Waals surface area contributed by atoms with E-state index in [4.69, 9.17) is 5.73 Å². The van der Waals surface area contributed by atoms with Crippen LogP contribution in [0.4, 0.5) is 27.6 Å². The Morgan fingerprint density at radius 2 is 1.70 bits per heavy atom. The number of aliphatic imine (C=N–C) groups is 1. The molecule has 0 saturated carbocycles. The van der Waals surface area contributed by atoms with Gasteiger partial charge in [0.25, 0.3) is 11.8 Å². The fraction of sp³-hybridized carbons (Fsp3) is 0.207. The van der Waals surface area contributed by atoms with Crippen molar-refractivity contribution in [2.24, 2.45) is 10.7 Å². The lowest BCUT2D eigenvalue weighted by Crippen LogP contribution is -2.59. The molecule has 0 aromatic heterocycles. The Morgan fingerprint density at radius 1 is 1.02 bits per heavy atom. The van der Waals surface area contributed by atoms with E-state index in [1.165, 1.54) is 23.1 Å². The molecule has 40 heavy (non-hydrogen) atoms. The van der Waals surface area contributed by atoms with Crippen LogP contribution < -0.4 is 11.1 Å². The highest BCUT2D eigenvalue weighted by molar-refractivity contribution is 6.15. The van der Waals surface area contributed by atoms with Crippen molar-refractivity contribution in [1.82, 2.24) is 10.2 Å². The number of carbonyl (C=O) groups excluding carboxylic acids is 2. The normalized spacial score (nSPS) is 20.0. The highest BCUT2D eigenvalue weighted by atomic mass is 19.4. The number of nitrogens with one attached hydrogen (secondary N) is 1. The average Bonchev–Trinajstić information content (AvgIpc) is 2.94. The molecule has 1 heterocycles. The third-order valence-electron chi connectivity index (χ3n) is 6.44. The molecule has 3 aromatic rings. The number of para-hydroxylation sites is 1. The lowest BCUT2D eigenvalue weighted by Gasteiger charge is -2.41. The average molecular weight is 557 g/mol. The van der Waals surface area contributed by atoms with E-state index in [0.717, 1.165) is 24.3 Å². The smallest absolute Gasteiger partial charge is 0.400 e. The van der Waals surface area contributed by atoms with Crippen molar-refractivity contribution in [2.45, 2.75) is 25.1 Å². The number of rotatable bonds is 6. The summed E-state index contributed by atoms with van der Waals surface area (Å²) in [6, 6.07) is 15.9. The largest absolute Gasteiger partial charge is 0.416 e. The first kappa shape index (κ1) is 28.5. The van der Waals surface area contributed by atoms with Crippen molar-refractivity contribution < 1.29 is 31.5 Å². The zero-order chi connectivity index (χ0) is 29.0. The third-order valence-corrected chi connectivity index (χ3v) is 6.44. The Kier molecular flexibility index (Phi) is 8.32. The van der Waals surface area contributed by atoms with Gasteiger partial charge < -0.3 is 11.1 Å². The molecule has 3 aromatic carbocycles. The predicted molar refractivity (Wildman–Crippen MR) is 140 cm³/mol. The molecule has 4 rings (SSSR count). The first-order valence-electron chi connectivity index (χ1n) is 12.3. The van der Waals surface area contributed by atoms with Crippen LogP contribution in [0.1, 0.15) is 34.3 Å². The van der Waals surface area contributed by atoms with Crippen LogP contribution in [0.2, 0.25) is 0 Å². The van der Waals surface area contributed by atoms with Crippen molar-refractivity contribution in [1.29, 1.82) is 0 Å². The number of likely N-dealkylation sites (N-methyl/N-ethyl adjacent to an activating group) is 1. The summed E-state index contributed by atoms with van der Waals surface area (Å²) in [6.07, 6.45) is -4.69. The van der Waals surface area contributed by atoms with Crippen LogP contribution in [-0.2, 0) is 11.0 Å². The number of likely N-dealkylation sites (tertiary alicyclic amines) is 1. The summed E-state index contributed by atoms with van der Waals surface area (Å²) in [7, 11) is 0. The van der Waals surface area contributed by atoms with Crippen LogP contribution in [0.3, 0.4) is 0 Å². The zero-order valence-electron chi connectivity index (χ0n) is 21.3. The van der Waals surface area contributed by atoms with Gasteiger partial charge >= 0.3 is 6.18 Å². The number of hydrogen-bond donors (Lipinski definition) is 2. The van der Waals surface area contributed by atoms with Gasteiger partial charge in [0.2, 0.25) is 0 Å². The van der Waals surface area contributed by atoms with Gasteiger partial charge in [-0.15, -0.1) is 0 Å². The lowest BCUT2D eigenvalue weighted by atomic mass is 9.78. The van der Waals surface area contributed by atoms with Gasteiger partial charge in [0, 0.05) is 29.3 Å². The summed E-state index contributed by atoms with van der Waals surface area (Å²) in [5.41, 5.74) is 5.35. The molecule has 1 fully saturated rings. The van der Waals surface area contributed by atoms with Gasteiger partial charge in [-0.25, -0.2) is 13.8 Å². The first-order chi connectivity index (χ1) is 19.0. The molecule has 2 unspecified atom stereocenters. The van der Waals surface area contributed by atoms with Crippen LogP contribution >= 0.6 is 0 Å². The number of alkyl halides is 4. The van der Waals surface area contributed by atoms with Crippen LogP contribution in [-0.4, -0.2) is 41.8 Å². The van der Waals surface area contributed by atoms with Crippen LogP contribution in [0.5, 0.6) is 0 Å². The van der Waals surface area contributed by atoms with Gasteiger partial charge in [-0.05, 0) is 55.0 Å². The summed E-state index contributed by atoms with van der Waals surface area (Å²) in [5, 5.41) is 2.53. The van der Waals surface area contributed by atoms with Crippen molar-refractivity contribution in [3.63, 3.8) is 0 Å². The molecule has 1 saturated heterocycles. The first-order valence-corrected chi connectivity index (χ1v) is 12.3. The fourth-order valence-corrected chi connectivity index (χ4v) is 4.57. The minimum Gasteiger partial charge on any atom is -0.400 e. The summed E-state index contributed by atoms with van der Waals surface area (Å²) in [5.74, 6) is -3.28. The SMILES string of the molecule is CCN1C(=O)C(NC(=O)c2cccc(C(F)(F)F)c2)C(c2ccc(F)cc2)/C(=C(/N)CF)C1=Nc1ccccc1. The second-order valence-electron chi connectivity index (χ2n) is 8.98. The number of allylic oxidation sites excluding steroid dienone is 1. The van der Waals surface area contributed by atoms with Gasteiger partial charge in [0.1, 0.15) is 24.4 Å². The molecule has 0 radical (unpaired) electrons. The maximum absolute atomic E-state index is 14.2. The number of nitrogens with zero attached hydrogens (tertiary/aromatic N) is 2. The van der Waals surface area contributed by atoms with Gasteiger partial charge in [-0.2, -0.15) is 13.2 Å². The molecule has 2 amide bonds. The summed E-state index contributed by atoms with van der Waals surface area (Å²) in [6.45, 7) is 0.575. The van der Waals surface area contributed by atoms with Gasteiger partial charge in [0.05, 0.1) is 11.3 Å². The lowest BCUT2D eigenvalue weighted by molar-refractivity contribution is -0.137. The van der Waals surface area contributed by atoms with E-state index in [-0.39, 0.29) is 29.2 Å². The predicted octanol–water partition coefficient (Wildman–Crippen LogP) is 5.50. The van der Waals surface area contributed by atoms with Crippen molar-refractivity contribution >= 4 is 23.3 Å². The van der Waals surface area contributed by atoms with Crippen molar-refractivity contribution in [3.05, 3.63) is 113 Å². The number of halogens is 5. The molecule has 3 N–H and O–H groups in total. The Labute approximate surface area is 227 Å². The van der Waals surface area contributed by atoms with Gasteiger partial charge in [-0.1, -0.05) is 36.4 Å². The van der Waals surface area contributed by atoms with E-state index >= 15 is 0 Å². The molecular weight excluding hydrogens is 531 g/mol. The number of carbonyl (C=O) groups is 2. The number of amides is 2. The molecule has 1 aliphatic rings. The molecular formula is C29H25F5N4O2.